The fourth-order valence-electron chi connectivity index (χ4n) is 2.00. The Hall–Kier alpha value is -0.870. The van der Waals surface area contributed by atoms with Crippen LogP contribution in [0.5, 0.6) is 0 Å². The van der Waals surface area contributed by atoms with Crippen molar-refractivity contribution in [2.45, 2.75) is 25.7 Å². The van der Waals surface area contributed by atoms with Crippen LogP contribution in [0.3, 0.4) is 0 Å². The SMILES string of the molecule is CC(N)C(OCc1ccccc1Cl)c1ccc(Br)cc1. The highest BCUT2D eigenvalue weighted by Gasteiger charge is 2.17. The smallest absolute Gasteiger partial charge is 0.0977 e. The summed E-state index contributed by atoms with van der Waals surface area (Å²) in [6.45, 7) is 2.39. The minimum atomic E-state index is -0.153. The van der Waals surface area contributed by atoms with Gasteiger partial charge in [0.15, 0.2) is 0 Å². The fraction of sp³-hybridized carbons (Fsp3) is 0.250. The molecule has 0 saturated heterocycles. The van der Waals surface area contributed by atoms with E-state index in [-0.39, 0.29) is 12.1 Å². The summed E-state index contributed by atoms with van der Waals surface area (Å²) in [5, 5.41) is 0.715. The van der Waals surface area contributed by atoms with Crippen molar-refractivity contribution in [2.75, 3.05) is 0 Å². The molecular formula is C16H17BrClNO. The predicted octanol–water partition coefficient (Wildman–Crippen LogP) is 4.71. The zero-order chi connectivity index (χ0) is 14.5. The molecule has 0 aliphatic rings. The van der Waals surface area contributed by atoms with Crippen LogP contribution in [-0.4, -0.2) is 6.04 Å². The number of nitrogens with two attached hydrogens (primary N) is 1. The summed E-state index contributed by atoms with van der Waals surface area (Å²) in [6.07, 6.45) is -0.153. The van der Waals surface area contributed by atoms with Crippen molar-refractivity contribution in [3.05, 3.63) is 69.2 Å². The first-order valence-corrected chi connectivity index (χ1v) is 7.61. The topological polar surface area (TPSA) is 35.2 Å². The van der Waals surface area contributed by atoms with Gasteiger partial charge in [-0.25, -0.2) is 0 Å². The van der Waals surface area contributed by atoms with Crippen LogP contribution in [0.25, 0.3) is 0 Å². The van der Waals surface area contributed by atoms with E-state index in [1.807, 2.05) is 55.5 Å². The molecule has 0 heterocycles. The van der Waals surface area contributed by atoms with Crippen LogP contribution < -0.4 is 5.73 Å². The van der Waals surface area contributed by atoms with Gasteiger partial charge in [-0.1, -0.05) is 57.9 Å². The lowest BCUT2D eigenvalue weighted by molar-refractivity contribution is 0.0259. The second kappa shape index (κ2) is 7.23. The largest absolute Gasteiger partial charge is 0.367 e. The monoisotopic (exact) mass is 353 g/mol. The molecule has 106 valence electrons. The second-order valence-electron chi connectivity index (χ2n) is 4.73. The molecule has 0 fully saturated rings. The highest BCUT2D eigenvalue weighted by molar-refractivity contribution is 9.10. The van der Waals surface area contributed by atoms with Gasteiger partial charge in [0.05, 0.1) is 12.7 Å². The quantitative estimate of drug-likeness (QED) is 0.844. The van der Waals surface area contributed by atoms with Crippen LogP contribution in [0.4, 0.5) is 0 Å². The molecule has 0 saturated carbocycles. The first-order valence-electron chi connectivity index (χ1n) is 6.44. The Morgan fingerprint density at radius 3 is 2.40 bits per heavy atom. The van der Waals surface area contributed by atoms with E-state index in [1.165, 1.54) is 0 Å². The summed E-state index contributed by atoms with van der Waals surface area (Å²) in [6, 6.07) is 15.6. The zero-order valence-electron chi connectivity index (χ0n) is 11.2. The third-order valence-electron chi connectivity index (χ3n) is 3.05. The molecular weight excluding hydrogens is 338 g/mol. The van der Waals surface area contributed by atoms with E-state index in [9.17, 15) is 0 Å². The Morgan fingerprint density at radius 1 is 1.15 bits per heavy atom. The van der Waals surface area contributed by atoms with E-state index in [0.29, 0.717) is 11.6 Å². The molecule has 4 heteroatoms. The maximum atomic E-state index is 6.14. The molecule has 20 heavy (non-hydrogen) atoms. The first-order chi connectivity index (χ1) is 9.58. The van der Waals surface area contributed by atoms with Crippen LogP contribution in [0.1, 0.15) is 24.2 Å². The number of hydrogen-bond acceptors (Lipinski definition) is 2. The Balaban J connectivity index is 2.11. The molecule has 0 radical (unpaired) electrons. The zero-order valence-corrected chi connectivity index (χ0v) is 13.6. The molecule has 2 N–H and O–H groups in total. The molecule has 2 aromatic carbocycles. The van der Waals surface area contributed by atoms with Gasteiger partial charge in [0.1, 0.15) is 0 Å². The molecule has 0 aliphatic heterocycles. The maximum absolute atomic E-state index is 6.14. The van der Waals surface area contributed by atoms with E-state index < -0.39 is 0 Å². The Kier molecular flexibility index (Phi) is 5.61. The molecule has 2 rings (SSSR count). The van der Waals surface area contributed by atoms with Gasteiger partial charge in [0, 0.05) is 15.5 Å². The van der Waals surface area contributed by atoms with Crippen LogP contribution in [0.2, 0.25) is 5.02 Å². The predicted molar refractivity (Wildman–Crippen MR) is 86.8 cm³/mol. The van der Waals surface area contributed by atoms with Crippen LogP contribution in [-0.2, 0) is 11.3 Å². The van der Waals surface area contributed by atoms with Crippen molar-refractivity contribution in [1.29, 1.82) is 0 Å². The molecule has 0 bridgehead atoms. The Morgan fingerprint density at radius 2 is 1.80 bits per heavy atom. The first kappa shape index (κ1) is 15.5. The van der Waals surface area contributed by atoms with Crippen molar-refractivity contribution in [1.82, 2.24) is 0 Å². The molecule has 0 spiro atoms. The van der Waals surface area contributed by atoms with Crippen LogP contribution in [0, 0.1) is 0 Å². The van der Waals surface area contributed by atoms with Crippen molar-refractivity contribution < 1.29 is 4.74 Å². The van der Waals surface area contributed by atoms with Gasteiger partial charge in [-0.15, -0.1) is 0 Å². The summed E-state index contributed by atoms with van der Waals surface area (Å²) < 4.78 is 7.01. The average molecular weight is 355 g/mol. The van der Waals surface area contributed by atoms with Gasteiger partial charge >= 0.3 is 0 Å². The molecule has 2 atom stereocenters. The van der Waals surface area contributed by atoms with E-state index in [4.69, 9.17) is 22.1 Å². The van der Waals surface area contributed by atoms with Gasteiger partial charge in [-0.3, -0.25) is 0 Å². The van der Waals surface area contributed by atoms with E-state index in [1.54, 1.807) is 0 Å². The van der Waals surface area contributed by atoms with Crippen molar-refractivity contribution in [3.8, 4) is 0 Å². The Bertz CT molecular complexity index is 557. The normalized spacial score (nSPS) is 14.0. The Labute approximate surface area is 133 Å². The van der Waals surface area contributed by atoms with Crippen molar-refractivity contribution in [3.63, 3.8) is 0 Å². The van der Waals surface area contributed by atoms with Crippen LogP contribution >= 0.6 is 27.5 Å². The molecule has 2 nitrogen and oxygen atoms in total. The standard InChI is InChI=1S/C16H17BrClNO/c1-11(19)16(12-6-8-14(17)9-7-12)20-10-13-4-2-3-5-15(13)18/h2-9,11,16H,10,19H2,1H3. The van der Waals surface area contributed by atoms with E-state index in [2.05, 4.69) is 15.9 Å². The summed E-state index contributed by atoms with van der Waals surface area (Å²) in [7, 11) is 0. The highest BCUT2D eigenvalue weighted by atomic mass is 79.9. The molecule has 0 aromatic heterocycles. The summed E-state index contributed by atoms with van der Waals surface area (Å²) in [5.74, 6) is 0. The maximum Gasteiger partial charge on any atom is 0.0977 e. The van der Waals surface area contributed by atoms with Gasteiger partial charge in [-0.2, -0.15) is 0 Å². The lowest BCUT2D eigenvalue weighted by Gasteiger charge is -2.22. The summed E-state index contributed by atoms with van der Waals surface area (Å²) in [5.41, 5.74) is 8.07. The van der Waals surface area contributed by atoms with Gasteiger partial charge in [0.2, 0.25) is 0 Å². The highest BCUT2D eigenvalue weighted by Crippen LogP contribution is 2.25. The minimum absolute atomic E-state index is 0.0985. The van der Waals surface area contributed by atoms with E-state index >= 15 is 0 Å². The van der Waals surface area contributed by atoms with Crippen LogP contribution in [0.15, 0.2) is 53.0 Å². The average Bonchev–Trinajstić information content (AvgIpc) is 2.42. The fourth-order valence-corrected chi connectivity index (χ4v) is 2.45. The summed E-state index contributed by atoms with van der Waals surface area (Å²) >= 11 is 9.56. The number of hydrogen-bond donors (Lipinski definition) is 1. The third-order valence-corrected chi connectivity index (χ3v) is 3.95. The van der Waals surface area contributed by atoms with Gasteiger partial charge in [-0.05, 0) is 36.2 Å². The number of rotatable bonds is 5. The van der Waals surface area contributed by atoms with Gasteiger partial charge in [0.25, 0.3) is 0 Å². The van der Waals surface area contributed by atoms with Crippen molar-refractivity contribution in [2.24, 2.45) is 5.73 Å². The second-order valence-corrected chi connectivity index (χ2v) is 6.06. The lowest BCUT2D eigenvalue weighted by atomic mass is 10.0. The van der Waals surface area contributed by atoms with Crippen molar-refractivity contribution >= 4 is 27.5 Å². The van der Waals surface area contributed by atoms with Gasteiger partial charge < -0.3 is 10.5 Å². The summed E-state index contributed by atoms with van der Waals surface area (Å²) in [4.78, 5) is 0. The molecule has 2 aromatic rings. The molecule has 0 amide bonds. The minimum Gasteiger partial charge on any atom is -0.367 e. The molecule has 0 aliphatic carbocycles. The number of halogens is 2. The number of ether oxygens (including phenoxy) is 1. The third kappa shape index (κ3) is 4.06. The number of benzene rings is 2. The molecule has 2 unspecified atom stereocenters. The van der Waals surface area contributed by atoms with E-state index in [0.717, 1.165) is 15.6 Å². The lowest BCUT2D eigenvalue weighted by Crippen LogP contribution is -2.27.